The van der Waals surface area contributed by atoms with E-state index in [1.165, 1.54) is 0 Å². The van der Waals surface area contributed by atoms with Crippen LogP contribution in [0.2, 0.25) is 0 Å². The molecular weight excluding hydrogens is 224 g/mol. The fourth-order valence-electron chi connectivity index (χ4n) is 1.78. The first-order chi connectivity index (χ1) is 7.41. The van der Waals surface area contributed by atoms with Gasteiger partial charge in [0.05, 0.1) is 23.1 Å². The lowest BCUT2D eigenvalue weighted by atomic mass is 9.85. The zero-order chi connectivity index (χ0) is 12.3. The van der Waals surface area contributed by atoms with E-state index in [-0.39, 0.29) is 17.0 Å². The predicted octanol–water partition coefficient (Wildman–Crippen LogP) is 0.936. The highest BCUT2D eigenvalue weighted by Crippen LogP contribution is 2.25. The predicted molar refractivity (Wildman–Crippen MR) is 67.2 cm³/mol. The van der Waals surface area contributed by atoms with E-state index in [9.17, 15) is 4.79 Å². The van der Waals surface area contributed by atoms with Crippen LogP contribution < -0.4 is 5.73 Å². The number of thiocarbonyl (C=S) groups is 1. The van der Waals surface area contributed by atoms with Gasteiger partial charge in [0.25, 0.3) is 0 Å². The minimum atomic E-state index is -0.716. The van der Waals surface area contributed by atoms with Crippen LogP contribution in [-0.4, -0.2) is 41.6 Å². The van der Waals surface area contributed by atoms with Crippen LogP contribution in [0.3, 0.4) is 0 Å². The van der Waals surface area contributed by atoms with Gasteiger partial charge in [-0.05, 0) is 20.3 Å². The molecule has 2 N–H and O–H groups in total. The molecule has 1 heterocycles. The second kappa shape index (κ2) is 5.10. The van der Waals surface area contributed by atoms with E-state index in [2.05, 4.69) is 0 Å². The highest BCUT2D eigenvalue weighted by molar-refractivity contribution is 7.80. The molecule has 92 valence electrons. The van der Waals surface area contributed by atoms with E-state index in [0.717, 1.165) is 0 Å². The molecule has 0 spiro atoms. The smallest absolute Gasteiger partial charge is 0.235 e. The van der Waals surface area contributed by atoms with Crippen molar-refractivity contribution < 1.29 is 9.53 Å². The molecule has 0 aromatic carbocycles. The average Bonchev–Trinajstić information content (AvgIpc) is 2.26. The van der Waals surface area contributed by atoms with Crippen LogP contribution in [0.1, 0.15) is 27.2 Å². The second-order valence-electron chi connectivity index (χ2n) is 4.48. The van der Waals surface area contributed by atoms with Crippen molar-refractivity contribution in [1.82, 2.24) is 4.90 Å². The summed E-state index contributed by atoms with van der Waals surface area (Å²) in [5, 5.41) is 0. The Morgan fingerprint density at radius 1 is 1.69 bits per heavy atom. The van der Waals surface area contributed by atoms with E-state index < -0.39 is 5.41 Å². The van der Waals surface area contributed by atoms with Crippen LogP contribution in [-0.2, 0) is 9.53 Å². The van der Waals surface area contributed by atoms with E-state index in [0.29, 0.717) is 26.1 Å². The van der Waals surface area contributed by atoms with Crippen molar-refractivity contribution in [3.63, 3.8) is 0 Å². The number of amides is 1. The van der Waals surface area contributed by atoms with Crippen LogP contribution in [0.4, 0.5) is 0 Å². The minimum Gasteiger partial charge on any atom is -0.392 e. The summed E-state index contributed by atoms with van der Waals surface area (Å²) >= 11 is 5.00. The lowest BCUT2D eigenvalue weighted by Crippen LogP contribution is -2.53. The number of carbonyl (C=O) groups is 1. The fraction of sp³-hybridized carbons (Fsp3) is 0.818. The van der Waals surface area contributed by atoms with Gasteiger partial charge < -0.3 is 15.4 Å². The van der Waals surface area contributed by atoms with Gasteiger partial charge >= 0.3 is 0 Å². The molecule has 2 atom stereocenters. The van der Waals surface area contributed by atoms with Crippen LogP contribution >= 0.6 is 12.2 Å². The third-order valence-corrected chi connectivity index (χ3v) is 3.70. The minimum absolute atomic E-state index is 0.0256. The molecule has 1 rings (SSSR count). The van der Waals surface area contributed by atoms with Crippen molar-refractivity contribution in [3.05, 3.63) is 0 Å². The lowest BCUT2D eigenvalue weighted by Gasteiger charge is -2.37. The van der Waals surface area contributed by atoms with Gasteiger partial charge in [-0.1, -0.05) is 19.1 Å². The van der Waals surface area contributed by atoms with E-state index in [1.54, 1.807) is 4.90 Å². The molecule has 0 bridgehead atoms. The zero-order valence-corrected chi connectivity index (χ0v) is 11.0. The Morgan fingerprint density at radius 3 is 2.75 bits per heavy atom. The Bertz CT molecular complexity index is 296. The van der Waals surface area contributed by atoms with Crippen LogP contribution in [0, 0.1) is 5.41 Å². The molecule has 1 saturated heterocycles. The Morgan fingerprint density at radius 2 is 2.31 bits per heavy atom. The molecule has 1 aliphatic rings. The highest BCUT2D eigenvalue weighted by Gasteiger charge is 2.39. The van der Waals surface area contributed by atoms with Gasteiger partial charge in [0.2, 0.25) is 5.91 Å². The standard InChI is InChI=1S/C11H20N2O2S/c1-4-11(3,9(12)16)10(14)13-5-6-15-8(2)7-13/h8H,4-7H2,1-3H3,(H2,12,16). The number of rotatable bonds is 3. The summed E-state index contributed by atoms with van der Waals surface area (Å²) in [6, 6.07) is 0. The summed E-state index contributed by atoms with van der Waals surface area (Å²) in [6.45, 7) is 7.55. The molecule has 0 radical (unpaired) electrons. The molecule has 1 fully saturated rings. The number of hydrogen-bond acceptors (Lipinski definition) is 3. The maximum atomic E-state index is 12.3. The number of morpholine rings is 1. The summed E-state index contributed by atoms with van der Waals surface area (Å²) in [6.07, 6.45) is 0.720. The fourth-order valence-corrected chi connectivity index (χ4v) is 2.01. The van der Waals surface area contributed by atoms with Crippen molar-refractivity contribution in [3.8, 4) is 0 Å². The molecule has 5 heteroatoms. The van der Waals surface area contributed by atoms with Crippen molar-refractivity contribution in [2.24, 2.45) is 11.1 Å². The lowest BCUT2D eigenvalue weighted by molar-refractivity contribution is -0.144. The van der Waals surface area contributed by atoms with Crippen molar-refractivity contribution in [2.75, 3.05) is 19.7 Å². The highest BCUT2D eigenvalue weighted by atomic mass is 32.1. The average molecular weight is 244 g/mol. The normalized spacial score (nSPS) is 24.9. The Hall–Kier alpha value is -0.680. The topological polar surface area (TPSA) is 55.6 Å². The zero-order valence-electron chi connectivity index (χ0n) is 10.2. The monoisotopic (exact) mass is 244 g/mol. The molecule has 16 heavy (non-hydrogen) atoms. The molecule has 0 aromatic heterocycles. The van der Waals surface area contributed by atoms with Crippen LogP contribution in [0.5, 0.6) is 0 Å². The second-order valence-corrected chi connectivity index (χ2v) is 4.92. The van der Waals surface area contributed by atoms with E-state index in [1.807, 2.05) is 20.8 Å². The molecular formula is C11H20N2O2S. The first-order valence-electron chi connectivity index (χ1n) is 5.62. The third-order valence-electron chi connectivity index (χ3n) is 3.25. The Kier molecular flexibility index (Phi) is 4.27. The Balaban J connectivity index is 2.79. The molecule has 0 saturated carbocycles. The molecule has 0 aliphatic carbocycles. The van der Waals surface area contributed by atoms with Crippen LogP contribution in [0.25, 0.3) is 0 Å². The number of ether oxygens (including phenoxy) is 1. The first-order valence-corrected chi connectivity index (χ1v) is 6.03. The number of nitrogens with zero attached hydrogens (tertiary/aromatic N) is 1. The number of nitrogens with two attached hydrogens (primary N) is 1. The van der Waals surface area contributed by atoms with Gasteiger partial charge in [-0.15, -0.1) is 0 Å². The molecule has 1 aliphatic heterocycles. The van der Waals surface area contributed by atoms with Gasteiger partial charge in [-0.25, -0.2) is 0 Å². The maximum Gasteiger partial charge on any atom is 0.235 e. The molecule has 1 amide bonds. The van der Waals surface area contributed by atoms with Gasteiger partial charge in [0.1, 0.15) is 0 Å². The number of carbonyl (C=O) groups excluding carboxylic acids is 1. The quantitative estimate of drug-likeness (QED) is 0.751. The van der Waals surface area contributed by atoms with Crippen molar-refractivity contribution >= 4 is 23.1 Å². The number of hydrogen-bond donors (Lipinski definition) is 1. The van der Waals surface area contributed by atoms with E-state index in [4.69, 9.17) is 22.7 Å². The molecule has 2 unspecified atom stereocenters. The van der Waals surface area contributed by atoms with Crippen molar-refractivity contribution in [2.45, 2.75) is 33.3 Å². The van der Waals surface area contributed by atoms with Gasteiger partial charge in [-0.3, -0.25) is 4.79 Å². The maximum absolute atomic E-state index is 12.3. The third kappa shape index (κ3) is 2.52. The van der Waals surface area contributed by atoms with Gasteiger partial charge in [0, 0.05) is 13.1 Å². The SMILES string of the molecule is CCC(C)(C(=O)N1CCOC(C)C1)C(N)=S. The van der Waals surface area contributed by atoms with E-state index >= 15 is 0 Å². The summed E-state index contributed by atoms with van der Waals surface area (Å²) in [7, 11) is 0. The van der Waals surface area contributed by atoms with Gasteiger partial charge in [-0.2, -0.15) is 0 Å². The molecule has 0 aromatic rings. The summed E-state index contributed by atoms with van der Waals surface area (Å²) < 4.78 is 5.41. The first kappa shape index (κ1) is 13.4. The summed E-state index contributed by atoms with van der Waals surface area (Å²) in [5.41, 5.74) is 4.96. The van der Waals surface area contributed by atoms with Crippen molar-refractivity contribution in [1.29, 1.82) is 0 Å². The summed E-state index contributed by atoms with van der Waals surface area (Å²) in [5.74, 6) is 0.0256. The van der Waals surface area contributed by atoms with Gasteiger partial charge in [0.15, 0.2) is 0 Å². The van der Waals surface area contributed by atoms with Crippen LogP contribution in [0.15, 0.2) is 0 Å². The largest absolute Gasteiger partial charge is 0.392 e. The Labute approximate surface area is 102 Å². The summed E-state index contributed by atoms with van der Waals surface area (Å²) in [4.78, 5) is 14.4. The molecule has 4 nitrogen and oxygen atoms in total.